The zero-order chi connectivity index (χ0) is 20.9. The maximum absolute atomic E-state index is 12.9. The summed E-state index contributed by atoms with van der Waals surface area (Å²) in [6.45, 7) is 3.85. The van der Waals surface area contributed by atoms with Gasteiger partial charge in [0.25, 0.3) is 11.8 Å². The summed E-state index contributed by atoms with van der Waals surface area (Å²) in [6, 6.07) is 8.14. The Morgan fingerprint density at radius 3 is 2.21 bits per heavy atom. The molecule has 0 spiro atoms. The van der Waals surface area contributed by atoms with Gasteiger partial charge in [0.05, 0.1) is 40.5 Å². The van der Waals surface area contributed by atoms with Crippen LogP contribution in [0.25, 0.3) is 0 Å². The van der Waals surface area contributed by atoms with Crippen LogP contribution in [-0.4, -0.2) is 33.6 Å². The van der Waals surface area contributed by atoms with Gasteiger partial charge in [-0.05, 0) is 44.2 Å². The number of furan rings is 1. The first-order valence-corrected chi connectivity index (χ1v) is 9.61. The molecule has 0 atom stereocenters. The van der Waals surface area contributed by atoms with Gasteiger partial charge in [-0.3, -0.25) is 19.3 Å². The molecule has 0 aliphatic carbocycles. The molecule has 148 valence electrons. The van der Waals surface area contributed by atoms with Gasteiger partial charge in [-0.15, -0.1) is 0 Å². The summed E-state index contributed by atoms with van der Waals surface area (Å²) in [5.74, 6) is -0.669. The van der Waals surface area contributed by atoms with Gasteiger partial charge in [-0.1, -0.05) is 23.2 Å². The topological polar surface area (TPSA) is 72.5 Å². The van der Waals surface area contributed by atoms with Gasteiger partial charge >= 0.3 is 0 Å². The molecule has 0 saturated heterocycles. The lowest BCUT2D eigenvalue weighted by Gasteiger charge is -2.13. The largest absolute Gasteiger partial charge is 0.467 e. The molecule has 0 bridgehead atoms. The lowest BCUT2D eigenvalue weighted by Crippen LogP contribution is -2.35. The number of imide groups is 1. The average Bonchev–Trinajstić information content (AvgIpc) is 3.35. The van der Waals surface area contributed by atoms with E-state index in [1.807, 2.05) is 24.5 Å². The zero-order valence-electron chi connectivity index (χ0n) is 15.7. The third-order valence-corrected chi connectivity index (χ3v) is 5.80. The number of carbonyl (C=O) groups excluding carboxylic acids is 3. The fraction of sp³-hybridized carbons (Fsp3) is 0.190. The van der Waals surface area contributed by atoms with Crippen LogP contribution in [0.3, 0.4) is 0 Å². The maximum Gasteiger partial charge on any atom is 0.262 e. The van der Waals surface area contributed by atoms with E-state index >= 15 is 0 Å². The highest BCUT2D eigenvalue weighted by Crippen LogP contribution is 2.31. The first-order valence-electron chi connectivity index (χ1n) is 8.85. The van der Waals surface area contributed by atoms with Crippen molar-refractivity contribution in [1.82, 2.24) is 9.47 Å². The molecule has 1 aliphatic heterocycles. The van der Waals surface area contributed by atoms with E-state index in [2.05, 4.69) is 0 Å². The standard InChI is InChI=1S/C21H16Cl2N2O4/c1-11-6-14(12(2)24(11)9-13-4-3-5-29-13)19(26)10-25-20(27)15-7-17(22)18(23)8-16(15)21(25)28/h3-8H,9-10H2,1-2H3. The number of hydrogen-bond acceptors (Lipinski definition) is 4. The fourth-order valence-corrected chi connectivity index (χ4v) is 3.87. The van der Waals surface area contributed by atoms with Gasteiger partial charge < -0.3 is 8.98 Å². The number of carbonyl (C=O) groups is 3. The summed E-state index contributed by atoms with van der Waals surface area (Å²) in [6.07, 6.45) is 1.59. The van der Waals surface area contributed by atoms with Crippen molar-refractivity contribution in [2.24, 2.45) is 0 Å². The Bertz CT molecular complexity index is 1120. The number of halogens is 2. The SMILES string of the molecule is Cc1cc(C(=O)CN2C(=O)c3cc(Cl)c(Cl)cc3C2=O)c(C)n1Cc1ccco1. The molecule has 0 saturated carbocycles. The molecule has 0 fully saturated rings. The second kappa shape index (κ2) is 7.21. The molecule has 3 aromatic rings. The van der Waals surface area contributed by atoms with Crippen LogP contribution in [0.1, 0.15) is 48.2 Å². The number of aromatic nitrogens is 1. The Morgan fingerprint density at radius 1 is 1.03 bits per heavy atom. The first-order chi connectivity index (χ1) is 13.8. The molecule has 8 heteroatoms. The Balaban J connectivity index is 1.59. The molecule has 2 amide bonds. The van der Waals surface area contributed by atoms with Crippen molar-refractivity contribution in [1.29, 1.82) is 0 Å². The van der Waals surface area contributed by atoms with E-state index in [4.69, 9.17) is 27.6 Å². The highest BCUT2D eigenvalue weighted by molar-refractivity contribution is 6.43. The van der Waals surface area contributed by atoms with Crippen molar-refractivity contribution in [3.05, 3.63) is 80.5 Å². The first kappa shape index (κ1) is 19.5. The van der Waals surface area contributed by atoms with Gasteiger partial charge in [-0.25, -0.2) is 0 Å². The van der Waals surface area contributed by atoms with E-state index in [0.29, 0.717) is 12.1 Å². The number of hydrogen-bond donors (Lipinski definition) is 0. The number of aryl methyl sites for hydroxylation is 1. The molecule has 29 heavy (non-hydrogen) atoms. The van der Waals surface area contributed by atoms with Crippen LogP contribution in [0, 0.1) is 13.8 Å². The summed E-state index contributed by atoms with van der Waals surface area (Å²) >= 11 is 11.9. The molecular formula is C21H16Cl2N2O4. The van der Waals surface area contributed by atoms with E-state index in [9.17, 15) is 14.4 Å². The van der Waals surface area contributed by atoms with E-state index in [1.54, 1.807) is 18.4 Å². The molecule has 3 heterocycles. The monoisotopic (exact) mass is 430 g/mol. The molecule has 2 aromatic heterocycles. The van der Waals surface area contributed by atoms with Crippen LogP contribution >= 0.6 is 23.2 Å². The molecule has 6 nitrogen and oxygen atoms in total. The molecule has 0 unspecified atom stereocenters. The van der Waals surface area contributed by atoms with E-state index in [1.165, 1.54) is 12.1 Å². The predicted octanol–water partition coefficient (Wildman–Crippen LogP) is 4.53. The van der Waals surface area contributed by atoms with Crippen molar-refractivity contribution >= 4 is 40.8 Å². The van der Waals surface area contributed by atoms with E-state index in [0.717, 1.165) is 22.0 Å². The Labute approximate surface area is 176 Å². The number of Topliss-reactive ketones (excluding diaryl/α,β-unsaturated/α-hetero) is 1. The fourth-order valence-electron chi connectivity index (χ4n) is 3.54. The second-order valence-electron chi connectivity index (χ2n) is 6.88. The van der Waals surface area contributed by atoms with Crippen LogP contribution in [0.5, 0.6) is 0 Å². The normalized spacial score (nSPS) is 13.3. The predicted molar refractivity (Wildman–Crippen MR) is 108 cm³/mol. The van der Waals surface area contributed by atoms with Crippen LogP contribution in [0.4, 0.5) is 0 Å². The third-order valence-electron chi connectivity index (χ3n) is 5.08. The van der Waals surface area contributed by atoms with Crippen molar-refractivity contribution in [3.63, 3.8) is 0 Å². The quantitative estimate of drug-likeness (QED) is 0.440. The number of nitrogens with zero attached hydrogens (tertiary/aromatic N) is 2. The van der Waals surface area contributed by atoms with Gasteiger partial charge in [-0.2, -0.15) is 0 Å². The minimum absolute atomic E-state index is 0.153. The number of fused-ring (bicyclic) bond motifs is 1. The van der Waals surface area contributed by atoms with Crippen LogP contribution in [-0.2, 0) is 6.54 Å². The summed E-state index contributed by atoms with van der Waals surface area (Å²) in [5.41, 5.74) is 2.39. The smallest absolute Gasteiger partial charge is 0.262 e. The maximum atomic E-state index is 12.9. The Kier molecular flexibility index (Phi) is 4.84. The molecule has 0 N–H and O–H groups in total. The average molecular weight is 431 g/mol. The van der Waals surface area contributed by atoms with Gasteiger partial charge in [0, 0.05) is 17.0 Å². The summed E-state index contributed by atoms with van der Waals surface area (Å²) in [7, 11) is 0. The highest BCUT2D eigenvalue weighted by Gasteiger charge is 2.38. The minimum atomic E-state index is -0.554. The summed E-state index contributed by atoms with van der Waals surface area (Å²) in [5, 5.41) is 0.363. The van der Waals surface area contributed by atoms with Gasteiger partial charge in [0.2, 0.25) is 0 Å². The number of ketones is 1. The van der Waals surface area contributed by atoms with Crippen molar-refractivity contribution in [2.45, 2.75) is 20.4 Å². The summed E-state index contributed by atoms with van der Waals surface area (Å²) in [4.78, 5) is 39.1. The van der Waals surface area contributed by atoms with Crippen LogP contribution in [0.15, 0.2) is 41.0 Å². The minimum Gasteiger partial charge on any atom is -0.467 e. The van der Waals surface area contributed by atoms with E-state index in [-0.39, 0.29) is 33.5 Å². The molecule has 0 radical (unpaired) electrons. The van der Waals surface area contributed by atoms with E-state index < -0.39 is 11.8 Å². The van der Waals surface area contributed by atoms with Gasteiger partial charge in [0.15, 0.2) is 5.78 Å². The third kappa shape index (κ3) is 3.28. The summed E-state index contributed by atoms with van der Waals surface area (Å²) < 4.78 is 7.34. The molecule has 4 rings (SSSR count). The second-order valence-corrected chi connectivity index (χ2v) is 7.70. The molecule has 1 aromatic carbocycles. The van der Waals surface area contributed by atoms with Crippen molar-refractivity contribution in [2.75, 3.05) is 6.54 Å². The lowest BCUT2D eigenvalue weighted by molar-refractivity contribution is 0.0624. The number of rotatable bonds is 5. The Hall–Kier alpha value is -2.83. The number of amides is 2. The Morgan fingerprint density at radius 2 is 1.66 bits per heavy atom. The number of benzene rings is 1. The highest BCUT2D eigenvalue weighted by atomic mass is 35.5. The van der Waals surface area contributed by atoms with Crippen molar-refractivity contribution < 1.29 is 18.8 Å². The molecule has 1 aliphatic rings. The zero-order valence-corrected chi connectivity index (χ0v) is 17.2. The van der Waals surface area contributed by atoms with Crippen LogP contribution < -0.4 is 0 Å². The lowest BCUT2D eigenvalue weighted by atomic mass is 10.1. The van der Waals surface area contributed by atoms with Crippen molar-refractivity contribution in [3.8, 4) is 0 Å². The van der Waals surface area contributed by atoms with Crippen LogP contribution in [0.2, 0.25) is 10.0 Å². The molecular weight excluding hydrogens is 415 g/mol. The van der Waals surface area contributed by atoms with Gasteiger partial charge in [0.1, 0.15) is 5.76 Å².